The first kappa shape index (κ1) is 12.3. The molecule has 0 spiro atoms. The van der Waals surface area contributed by atoms with Crippen LogP contribution in [0.2, 0.25) is 5.02 Å². The highest BCUT2D eigenvalue weighted by Crippen LogP contribution is 2.25. The quantitative estimate of drug-likeness (QED) is 0.569. The lowest BCUT2D eigenvalue weighted by Gasteiger charge is -2.17. The van der Waals surface area contributed by atoms with Crippen LogP contribution in [0.4, 0.5) is 0 Å². The van der Waals surface area contributed by atoms with Crippen molar-refractivity contribution in [3.05, 3.63) is 47.5 Å². The molecule has 1 aromatic rings. The van der Waals surface area contributed by atoms with Crippen molar-refractivity contribution < 1.29 is 0 Å². The summed E-state index contributed by atoms with van der Waals surface area (Å²) in [6.07, 6.45) is 5.24. The molecule has 0 saturated carbocycles. The van der Waals surface area contributed by atoms with E-state index in [9.17, 15) is 0 Å². The molecule has 0 heterocycles. The second-order valence-corrected chi connectivity index (χ2v) is 3.99. The summed E-state index contributed by atoms with van der Waals surface area (Å²) >= 11 is 6.15. The van der Waals surface area contributed by atoms with Gasteiger partial charge in [-0.3, -0.25) is 0 Å². The zero-order valence-electron chi connectivity index (χ0n) is 9.17. The minimum Gasteiger partial charge on any atom is -0.313 e. The van der Waals surface area contributed by atoms with Crippen LogP contribution in [-0.2, 0) is 0 Å². The van der Waals surface area contributed by atoms with Crippen molar-refractivity contribution in [2.24, 2.45) is 0 Å². The molecule has 0 amide bonds. The lowest BCUT2D eigenvalue weighted by molar-refractivity contribution is 0.530. The molecule has 0 aliphatic carbocycles. The molecule has 15 heavy (non-hydrogen) atoms. The minimum absolute atomic E-state index is 0.346. The van der Waals surface area contributed by atoms with Gasteiger partial charge < -0.3 is 5.32 Å². The van der Waals surface area contributed by atoms with Crippen molar-refractivity contribution in [3.63, 3.8) is 0 Å². The van der Waals surface area contributed by atoms with Crippen LogP contribution in [0.15, 0.2) is 36.9 Å². The fraction of sp³-hybridized carbons (Fsp3) is 0.385. The zero-order chi connectivity index (χ0) is 11.1. The van der Waals surface area contributed by atoms with Gasteiger partial charge in [-0.25, -0.2) is 0 Å². The van der Waals surface area contributed by atoms with E-state index in [0.717, 1.165) is 24.3 Å². The maximum Gasteiger partial charge on any atom is 0.0453 e. The third-order valence-electron chi connectivity index (χ3n) is 2.53. The molecule has 0 radical (unpaired) electrons. The van der Waals surface area contributed by atoms with Crippen LogP contribution in [0.25, 0.3) is 0 Å². The van der Waals surface area contributed by atoms with E-state index in [-0.39, 0.29) is 0 Å². The molecule has 0 aliphatic heterocycles. The molecule has 0 aliphatic rings. The molecule has 1 nitrogen and oxygen atoms in total. The van der Waals surface area contributed by atoms with E-state index in [1.807, 2.05) is 31.3 Å². The molecule has 1 atom stereocenters. The van der Waals surface area contributed by atoms with Gasteiger partial charge in [0.1, 0.15) is 0 Å². The van der Waals surface area contributed by atoms with Crippen LogP contribution in [-0.4, -0.2) is 7.05 Å². The van der Waals surface area contributed by atoms with Crippen LogP contribution < -0.4 is 5.32 Å². The Bertz CT molecular complexity index is 309. The number of halogens is 1. The fourth-order valence-electron chi connectivity index (χ4n) is 1.68. The van der Waals surface area contributed by atoms with Gasteiger partial charge in [-0.1, -0.05) is 35.9 Å². The third kappa shape index (κ3) is 3.69. The van der Waals surface area contributed by atoms with Crippen LogP contribution in [0, 0.1) is 0 Å². The summed E-state index contributed by atoms with van der Waals surface area (Å²) in [5.74, 6) is 0. The van der Waals surface area contributed by atoms with Crippen molar-refractivity contribution in [3.8, 4) is 0 Å². The Kier molecular flexibility index (Phi) is 5.44. The van der Waals surface area contributed by atoms with Crippen molar-refractivity contribution in [1.29, 1.82) is 0 Å². The highest BCUT2D eigenvalue weighted by molar-refractivity contribution is 6.31. The Hall–Kier alpha value is -0.790. The number of rotatable bonds is 6. The standard InChI is InChI=1S/C13H18ClN/c1-3-4-5-10-13(15-2)11-8-6-7-9-12(11)14/h3,6-9,13,15H,1,4-5,10H2,2H3. The van der Waals surface area contributed by atoms with Gasteiger partial charge in [0.15, 0.2) is 0 Å². The summed E-state index contributed by atoms with van der Waals surface area (Å²) in [6.45, 7) is 3.73. The molecule has 1 N–H and O–H groups in total. The Morgan fingerprint density at radius 3 is 2.80 bits per heavy atom. The van der Waals surface area contributed by atoms with Gasteiger partial charge in [-0.05, 0) is 37.9 Å². The summed E-state index contributed by atoms with van der Waals surface area (Å²) < 4.78 is 0. The molecule has 0 bridgehead atoms. The second-order valence-electron chi connectivity index (χ2n) is 3.58. The predicted octanol–water partition coefficient (Wildman–Crippen LogP) is 3.96. The summed E-state index contributed by atoms with van der Waals surface area (Å²) in [5, 5.41) is 4.14. The molecule has 82 valence electrons. The Morgan fingerprint density at radius 1 is 1.47 bits per heavy atom. The molecule has 0 aromatic heterocycles. The normalized spacial score (nSPS) is 12.4. The number of allylic oxidation sites excluding steroid dienone is 1. The van der Waals surface area contributed by atoms with Gasteiger partial charge in [0.05, 0.1) is 0 Å². The first-order valence-electron chi connectivity index (χ1n) is 5.32. The highest BCUT2D eigenvalue weighted by Gasteiger charge is 2.10. The number of benzene rings is 1. The largest absolute Gasteiger partial charge is 0.313 e. The van der Waals surface area contributed by atoms with Crippen molar-refractivity contribution in [2.45, 2.75) is 25.3 Å². The molecule has 0 fully saturated rings. The SMILES string of the molecule is C=CCCCC(NC)c1ccccc1Cl. The van der Waals surface area contributed by atoms with Crippen molar-refractivity contribution in [1.82, 2.24) is 5.32 Å². The summed E-state index contributed by atoms with van der Waals surface area (Å²) in [6, 6.07) is 8.35. The monoisotopic (exact) mass is 223 g/mol. The highest BCUT2D eigenvalue weighted by atomic mass is 35.5. The molecule has 2 heteroatoms. The molecule has 1 rings (SSSR count). The zero-order valence-corrected chi connectivity index (χ0v) is 9.93. The van der Waals surface area contributed by atoms with E-state index in [4.69, 9.17) is 11.6 Å². The lowest BCUT2D eigenvalue weighted by atomic mass is 10.0. The molecular weight excluding hydrogens is 206 g/mol. The van der Waals surface area contributed by atoms with Crippen LogP contribution >= 0.6 is 11.6 Å². The van der Waals surface area contributed by atoms with Crippen molar-refractivity contribution >= 4 is 11.6 Å². The molecule has 1 unspecified atom stereocenters. The summed E-state index contributed by atoms with van der Waals surface area (Å²) in [7, 11) is 1.97. The predicted molar refractivity (Wildman–Crippen MR) is 67.3 cm³/mol. The van der Waals surface area contributed by atoms with E-state index in [1.54, 1.807) is 0 Å². The molecule has 0 saturated heterocycles. The lowest BCUT2D eigenvalue weighted by Crippen LogP contribution is -2.16. The van der Waals surface area contributed by atoms with Gasteiger partial charge >= 0.3 is 0 Å². The average molecular weight is 224 g/mol. The van der Waals surface area contributed by atoms with Crippen LogP contribution in [0.3, 0.4) is 0 Å². The van der Waals surface area contributed by atoms with Gasteiger partial charge in [-0.2, -0.15) is 0 Å². The van der Waals surface area contributed by atoms with Crippen LogP contribution in [0.5, 0.6) is 0 Å². The smallest absolute Gasteiger partial charge is 0.0453 e. The third-order valence-corrected chi connectivity index (χ3v) is 2.87. The number of hydrogen-bond acceptors (Lipinski definition) is 1. The van der Waals surface area contributed by atoms with Gasteiger partial charge in [-0.15, -0.1) is 6.58 Å². The second kappa shape index (κ2) is 6.65. The van der Waals surface area contributed by atoms with Crippen LogP contribution in [0.1, 0.15) is 30.9 Å². The van der Waals surface area contributed by atoms with Gasteiger partial charge in [0.25, 0.3) is 0 Å². The maximum atomic E-state index is 6.15. The summed E-state index contributed by atoms with van der Waals surface area (Å²) in [4.78, 5) is 0. The fourth-order valence-corrected chi connectivity index (χ4v) is 1.95. The Morgan fingerprint density at radius 2 is 2.20 bits per heavy atom. The van der Waals surface area contributed by atoms with Gasteiger partial charge in [0, 0.05) is 11.1 Å². The van der Waals surface area contributed by atoms with E-state index < -0.39 is 0 Å². The van der Waals surface area contributed by atoms with E-state index in [0.29, 0.717) is 6.04 Å². The minimum atomic E-state index is 0.346. The van der Waals surface area contributed by atoms with Gasteiger partial charge in [0.2, 0.25) is 0 Å². The Labute approximate surface area is 97.1 Å². The average Bonchev–Trinajstić information content (AvgIpc) is 2.26. The number of hydrogen-bond donors (Lipinski definition) is 1. The van der Waals surface area contributed by atoms with E-state index in [1.165, 1.54) is 5.56 Å². The molecular formula is C13H18ClN. The number of nitrogens with one attached hydrogen (secondary N) is 1. The van der Waals surface area contributed by atoms with Crippen molar-refractivity contribution in [2.75, 3.05) is 7.05 Å². The first-order valence-corrected chi connectivity index (χ1v) is 5.70. The molecule has 1 aromatic carbocycles. The maximum absolute atomic E-state index is 6.15. The number of unbranched alkanes of at least 4 members (excludes halogenated alkanes) is 1. The Balaban J connectivity index is 2.65. The first-order chi connectivity index (χ1) is 7.29. The summed E-state index contributed by atoms with van der Waals surface area (Å²) in [5.41, 5.74) is 1.19. The van der Waals surface area contributed by atoms with E-state index >= 15 is 0 Å². The van der Waals surface area contributed by atoms with E-state index in [2.05, 4.69) is 18.0 Å². The topological polar surface area (TPSA) is 12.0 Å².